The summed E-state index contributed by atoms with van der Waals surface area (Å²) >= 11 is 0.735. The van der Waals surface area contributed by atoms with Crippen molar-refractivity contribution in [3.63, 3.8) is 0 Å². The summed E-state index contributed by atoms with van der Waals surface area (Å²) in [7, 11) is -3.57. The van der Waals surface area contributed by atoms with E-state index in [1.54, 1.807) is 18.3 Å². The number of alkyl halides is 2. The lowest BCUT2D eigenvalue weighted by molar-refractivity contribution is -0.134. The molecule has 13 heteroatoms. The van der Waals surface area contributed by atoms with Gasteiger partial charge >= 0.3 is 0 Å². The Morgan fingerprint density at radius 3 is 2.42 bits per heavy atom. The molecular formula is C23H28F2N6O3S2. The third-order valence-electron chi connectivity index (χ3n) is 6.82. The average molecular weight is 539 g/mol. The van der Waals surface area contributed by atoms with E-state index in [0.717, 1.165) is 24.2 Å². The number of benzene rings is 1. The summed E-state index contributed by atoms with van der Waals surface area (Å²) in [6.45, 7) is 7.83. The third-order valence-corrected chi connectivity index (χ3v) is 9.77. The number of rotatable bonds is 7. The lowest BCUT2D eigenvalue weighted by Crippen LogP contribution is -2.50. The van der Waals surface area contributed by atoms with Crippen molar-refractivity contribution in [2.45, 2.75) is 44.9 Å². The number of nitrogens with zero attached hydrogens (tertiary/aromatic N) is 6. The number of amides is 1. The number of aromatic nitrogens is 4. The highest BCUT2D eigenvalue weighted by Crippen LogP contribution is 2.47. The van der Waals surface area contributed by atoms with Crippen molar-refractivity contribution in [3.05, 3.63) is 23.3 Å². The molecule has 1 aliphatic heterocycles. The van der Waals surface area contributed by atoms with Crippen LogP contribution in [0.4, 0.5) is 14.5 Å². The van der Waals surface area contributed by atoms with Gasteiger partial charge in [-0.2, -0.15) is 5.10 Å². The second kappa shape index (κ2) is 9.02. The van der Waals surface area contributed by atoms with E-state index in [2.05, 4.69) is 20.2 Å². The molecule has 3 heterocycles. The Bertz CT molecular complexity index is 1410. The first-order valence-electron chi connectivity index (χ1n) is 11.9. The van der Waals surface area contributed by atoms with Crippen molar-refractivity contribution in [2.75, 3.05) is 36.8 Å². The summed E-state index contributed by atoms with van der Waals surface area (Å²) in [5, 5.41) is 12.3. The number of carbonyl (C=O) groups excluding carboxylic acids is 1. The number of piperazine rings is 1. The van der Waals surface area contributed by atoms with Gasteiger partial charge in [0.15, 0.2) is 14.8 Å². The van der Waals surface area contributed by atoms with Crippen LogP contribution in [0.25, 0.3) is 16.0 Å². The first kappa shape index (κ1) is 25.0. The van der Waals surface area contributed by atoms with Crippen LogP contribution in [0.3, 0.4) is 0 Å². The maximum atomic E-state index is 13.3. The van der Waals surface area contributed by atoms with Crippen molar-refractivity contribution in [1.82, 2.24) is 24.9 Å². The number of hydrogen-bond donors (Lipinski definition) is 0. The molecule has 2 fully saturated rings. The summed E-state index contributed by atoms with van der Waals surface area (Å²) in [5.74, 6) is 0.0627. The van der Waals surface area contributed by atoms with Gasteiger partial charge in [0, 0.05) is 49.4 Å². The van der Waals surface area contributed by atoms with E-state index >= 15 is 0 Å². The molecule has 1 amide bonds. The summed E-state index contributed by atoms with van der Waals surface area (Å²) < 4.78 is 54.1. The summed E-state index contributed by atoms with van der Waals surface area (Å²) in [6, 6.07) is 3.23. The van der Waals surface area contributed by atoms with Crippen molar-refractivity contribution in [2.24, 2.45) is 11.3 Å². The molecule has 1 aliphatic carbocycles. The topological polar surface area (TPSA) is 101 Å². The Labute approximate surface area is 212 Å². The molecule has 1 aromatic carbocycles. The van der Waals surface area contributed by atoms with Crippen LogP contribution < -0.4 is 4.90 Å². The minimum Gasteiger partial charge on any atom is -0.367 e. The molecule has 0 bridgehead atoms. The zero-order valence-corrected chi connectivity index (χ0v) is 21.9. The molecule has 9 nitrogen and oxygen atoms in total. The SMILES string of the molecule is CC(C)C(=O)N1CCN(c2cc(S(=O)(=O)CC3(C)CC3)cc3nn(-c4nnc(C(F)F)s4)cc23)CC1. The number of fused-ring (bicyclic) bond motifs is 1. The zero-order valence-electron chi connectivity index (χ0n) is 20.3. The Morgan fingerprint density at radius 1 is 1.14 bits per heavy atom. The number of sulfone groups is 1. The molecule has 0 atom stereocenters. The highest BCUT2D eigenvalue weighted by molar-refractivity contribution is 7.91. The highest BCUT2D eigenvalue weighted by Gasteiger charge is 2.42. The second-order valence-electron chi connectivity index (χ2n) is 10.2. The Hall–Kier alpha value is -2.67. The van der Waals surface area contributed by atoms with Crippen LogP contribution in [0.5, 0.6) is 0 Å². The van der Waals surface area contributed by atoms with Gasteiger partial charge < -0.3 is 9.80 Å². The van der Waals surface area contributed by atoms with Crippen LogP contribution in [0.2, 0.25) is 0 Å². The minimum atomic E-state index is -3.57. The van der Waals surface area contributed by atoms with Crippen LogP contribution in [-0.2, 0) is 14.6 Å². The fourth-order valence-electron chi connectivity index (χ4n) is 4.46. The highest BCUT2D eigenvalue weighted by atomic mass is 32.2. The largest absolute Gasteiger partial charge is 0.367 e. The quantitative estimate of drug-likeness (QED) is 0.452. The number of hydrogen-bond acceptors (Lipinski definition) is 8. The molecule has 0 radical (unpaired) electrons. The second-order valence-corrected chi connectivity index (χ2v) is 13.2. The van der Waals surface area contributed by atoms with Gasteiger partial charge in [0.2, 0.25) is 11.0 Å². The molecule has 36 heavy (non-hydrogen) atoms. The summed E-state index contributed by atoms with van der Waals surface area (Å²) in [4.78, 5) is 16.5. The van der Waals surface area contributed by atoms with E-state index in [1.807, 2.05) is 25.7 Å². The standard InChI is InChI=1S/C23H28F2N6O3S2/c1-14(2)21(32)30-8-6-29(7-9-30)18-11-15(36(33,34)13-23(3)4-5-23)10-17-16(18)12-31(28-17)22-27-26-20(35-22)19(24)25/h10-12,14,19H,4-9,13H2,1-3H3. The van der Waals surface area contributed by atoms with E-state index in [0.29, 0.717) is 42.8 Å². The van der Waals surface area contributed by atoms with E-state index in [4.69, 9.17) is 0 Å². The lowest BCUT2D eigenvalue weighted by Gasteiger charge is -2.37. The van der Waals surface area contributed by atoms with Crippen molar-refractivity contribution < 1.29 is 22.0 Å². The van der Waals surface area contributed by atoms with Gasteiger partial charge in [0.25, 0.3) is 6.43 Å². The lowest BCUT2D eigenvalue weighted by atomic mass is 10.1. The van der Waals surface area contributed by atoms with Gasteiger partial charge in [-0.15, -0.1) is 10.2 Å². The van der Waals surface area contributed by atoms with Crippen LogP contribution >= 0.6 is 11.3 Å². The van der Waals surface area contributed by atoms with Gasteiger partial charge in [-0.3, -0.25) is 4.79 Å². The van der Waals surface area contributed by atoms with Gasteiger partial charge in [-0.05, 0) is 30.4 Å². The summed E-state index contributed by atoms with van der Waals surface area (Å²) in [5.41, 5.74) is 0.920. The predicted molar refractivity (Wildman–Crippen MR) is 133 cm³/mol. The van der Waals surface area contributed by atoms with Crippen LogP contribution in [0.15, 0.2) is 23.2 Å². The molecule has 1 saturated carbocycles. The van der Waals surface area contributed by atoms with Gasteiger partial charge in [0.1, 0.15) is 0 Å². The van der Waals surface area contributed by atoms with E-state index in [-0.39, 0.29) is 33.0 Å². The maximum Gasteiger partial charge on any atom is 0.291 e. The Balaban J connectivity index is 1.54. The first-order chi connectivity index (χ1) is 17.0. The Morgan fingerprint density at radius 2 is 1.83 bits per heavy atom. The van der Waals surface area contributed by atoms with E-state index < -0.39 is 21.3 Å². The van der Waals surface area contributed by atoms with Crippen molar-refractivity contribution in [3.8, 4) is 5.13 Å². The van der Waals surface area contributed by atoms with Crippen LogP contribution in [0, 0.1) is 11.3 Å². The molecule has 1 saturated heterocycles. The Kier molecular flexibility index (Phi) is 6.26. The molecule has 0 N–H and O–H groups in total. The molecule has 3 aromatic rings. The van der Waals surface area contributed by atoms with Crippen LogP contribution in [0.1, 0.15) is 45.0 Å². The van der Waals surface area contributed by atoms with E-state index in [1.165, 1.54) is 4.68 Å². The predicted octanol–water partition coefficient (Wildman–Crippen LogP) is 3.69. The normalized spacial score (nSPS) is 18.0. The third kappa shape index (κ3) is 4.82. The average Bonchev–Trinajstić information content (AvgIpc) is 3.22. The molecule has 2 aliphatic rings. The van der Waals surface area contributed by atoms with Gasteiger partial charge in [-0.1, -0.05) is 32.1 Å². The van der Waals surface area contributed by atoms with Crippen molar-refractivity contribution >= 4 is 43.7 Å². The molecule has 5 rings (SSSR count). The monoisotopic (exact) mass is 538 g/mol. The number of halogens is 2. The first-order valence-corrected chi connectivity index (χ1v) is 14.3. The minimum absolute atomic E-state index is 0.0659. The molecule has 0 spiro atoms. The maximum absolute atomic E-state index is 13.3. The molecule has 0 unspecified atom stereocenters. The van der Waals surface area contributed by atoms with Gasteiger partial charge in [0.05, 0.1) is 16.2 Å². The van der Waals surface area contributed by atoms with Crippen LogP contribution in [-0.4, -0.2) is 71.1 Å². The molecule has 194 valence electrons. The zero-order chi connectivity index (χ0) is 25.8. The fraction of sp³-hybridized carbons (Fsp3) is 0.565. The number of anilines is 1. The molecule has 2 aromatic heterocycles. The smallest absolute Gasteiger partial charge is 0.291 e. The summed E-state index contributed by atoms with van der Waals surface area (Å²) in [6.07, 6.45) is 0.698. The van der Waals surface area contributed by atoms with E-state index in [9.17, 15) is 22.0 Å². The molecular weight excluding hydrogens is 510 g/mol. The van der Waals surface area contributed by atoms with Gasteiger partial charge in [-0.25, -0.2) is 21.9 Å². The number of carbonyl (C=O) groups is 1. The van der Waals surface area contributed by atoms with Crippen molar-refractivity contribution in [1.29, 1.82) is 0 Å². The fourth-order valence-corrected chi connectivity index (χ4v) is 7.04.